The SMILES string of the molecule is CCc1ccc(CN(C[C@@H]2CCCO2)C(=O)c2cc3ccccc3oc2=O)cc1. The summed E-state index contributed by atoms with van der Waals surface area (Å²) in [5, 5.41) is 0.736. The van der Waals surface area contributed by atoms with Crippen molar-refractivity contribution in [2.75, 3.05) is 13.2 Å². The molecule has 0 aliphatic carbocycles. The van der Waals surface area contributed by atoms with Gasteiger partial charge >= 0.3 is 5.63 Å². The van der Waals surface area contributed by atoms with Crippen LogP contribution in [0.2, 0.25) is 0 Å². The van der Waals surface area contributed by atoms with E-state index in [0.29, 0.717) is 18.7 Å². The molecule has 1 aromatic heterocycles. The summed E-state index contributed by atoms with van der Waals surface area (Å²) in [5.74, 6) is -0.320. The van der Waals surface area contributed by atoms with Gasteiger partial charge < -0.3 is 14.1 Å². The van der Waals surface area contributed by atoms with Crippen LogP contribution in [0.15, 0.2) is 63.8 Å². The molecule has 1 atom stereocenters. The third kappa shape index (κ3) is 4.40. The second-order valence-corrected chi connectivity index (χ2v) is 7.48. The van der Waals surface area contributed by atoms with Crippen LogP contribution in [-0.2, 0) is 17.7 Å². The summed E-state index contributed by atoms with van der Waals surface area (Å²) in [6.07, 6.45) is 2.89. The predicted molar refractivity (Wildman–Crippen MR) is 112 cm³/mol. The summed E-state index contributed by atoms with van der Waals surface area (Å²) in [4.78, 5) is 27.5. The number of aryl methyl sites for hydroxylation is 1. The van der Waals surface area contributed by atoms with E-state index in [1.165, 1.54) is 5.56 Å². The van der Waals surface area contributed by atoms with Gasteiger partial charge in [-0.3, -0.25) is 4.79 Å². The van der Waals surface area contributed by atoms with Crippen LogP contribution in [0, 0.1) is 0 Å². The van der Waals surface area contributed by atoms with Crippen molar-refractivity contribution in [1.29, 1.82) is 0 Å². The second kappa shape index (κ2) is 8.62. The van der Waals surface area contributed by atoms with E-state index in [-0.39, 0.29) is 17.6 Å². The molecular weight excluding hydrogens is 366 g/mol. The fraction of sp³-hybridized carbons (Fsp3) is 0.333. The summed E-state index contributed by atoms with van der Waals surface area (Å²) in [6, 6.07) is 17.1. The minimum atomic E-state index is -0.604. The lowest BCUT2D eigenvalue weighted by molar-refractivity contribution is 0.0504. The Morgan fingerprint density at radius 2 is 1.86 bits per heavy atom. The van der Waals surface area contributed by atoms with Crippen molar-refractivity contribution in [3.63, 3.8) is 0 Å². The first kappa shape index (κ1) is 19.4. The number of rotatable bonds is 6. The molecule has 1 aliphatic rings. The minimum Gasteiger partial charge on any atom is -0.422 e. The van der Waals surface area contributed by atoms with E-state index < -0.39 is 5.63 Å². The molecule has 4 rings (SSSR count). The molecule has 5 nitrogen and oxygen atoms in total. The van der Waals surface area contributed by atoms with E-state index in [1.54, 1.807) is 23.1 Å². The van der Waals surface area contributed by atoms with Crippen LogP contribution in [0.4, 0.5) is 0 Å². The van der Waals surface area contributed by atoms with Gasteiger partial charge in [0, 0.05) is 25.1 Å². The zero-order chi connectivity index (χ0) is 20.2. The quantitative estimate of drug-likeness (QED) is 0.592. The molecule has 5 heteroatoms. The van der Waals surface area contributed by atoms with E-state index in [0.717, 1.165) is 36.8 Å². The number of carbonyl (C=O) groups is 1. The molecule has 0 unspecified atom stereocenters. The average Bonchev–Trinajstić information content (AvgIpc) is 3.26. The van der Waals surface area contributed by atoms with Crippen molar-refractivity contribution in [3.05, 3.63) is 81.7 Å². The number of carbonyl (C=O) groups excluding carboxylic acids is 1. The lowest BCUT2D eigenvalue weighted by atomic mass is 10.1. The van der Waals surface area contributed by atoms with Gasteiger partial charge in [0.2, 0.25) is 0 Å². The fourth-order valence-corrected chi connectivity index (χ4v) is 3.74. The Hall–Kier alpha value is -2.92. The molecule has 1 aliphatic heterocycles. The monoisotopic (exact) mass is 391 g/mol. The van der Waals surface area contributed by atoms with E-state index >= 15 is 0 Å². The van der Waals surface area contributed by atoms with Crippen molar-refractivity contribution >= 4 is 16.9 Å². The number of ether oxygens (including phenoxy) is 1. The summed E-state index contributed by atoms with van der Waals surface area (Å²) in [6.45, 7) is 3.72. The first-order chi connectivity index (χ1) is 14.1. The number of benzene rings is 2. The predicted octanol–water partition coefficient (Wildman–Crippen LogP) is 4.18. The summed E-state index contributed by atoms with van der Waals surface area (Å²) >= 11 is 0. The van der Waals surface area contributed by atoms with E-state index in [1.807, 2.05) is 24.3 Å². The molecule has 0 saturated carbocycles. The zero-order valence-electron chi connectivity index (χ0n) is 16.6. The van der Waals surface area contributed by atoms with Crippen LogP contribution in [0.3, 0.4) is 0 Å². The highest BCUT2D eigenvalue weighted by Crippen LogP contribution is 2.19. The van der Waals surface area contributed by atoms with Gasteiger partial charge in [0.15, 0.2) is 0 Å². The molecule has 29 heavy (non-hydrogen) atoms. The van der Waals surface area contributed by atoms with Gasteiger partial charge in [0.1, 0.15) is 11.1 Å². The Morgan fingerprint density at radius 1 is 1.10 bits per heavy atom. The van der Waals surface area contributed by atoms with Gasteiger partial charge in [-0.2, -0.15) is 0 Å². The van der Waals surface area contributed by atoms with Gasteiger partial charge in [0.05, 0.1) is 6.10 Å². The number of fused-ring (bicyclic) bond motifs is 1. The Balaban J connectivity index is 1.64. The van der Waals surface area contributed by atoms with Crippen molar-refractivity contribution in [3.8, 4) is 0 Å². The first-order valence-electron chi connectivity index (χ1n) is 10.2. The van der Waals surface area contributed by atoms with Gasteiger partial charge in [-0.15, -0.1) is 0 Å². The van der Waals surface area contributed by atoms with Crippen LogP contribution in [-0.4, -0.2) is 30.1 Å². The maximum Gasteiger partial charge on any atom is 0.349 e. The lowest BCUT2D eigenvalue weighted by Crippen LogP contribution is -2.38. The smallest absolute Gasteiger partial charge is 0.349 e. The topological polar surface area (TPSA) is 59.8 Å². The number of hydrogen-bond acceptors (Lipinski definition) is 4. The third-order valence-corrected chi connectivity index (χ3v) is 5.41. The van der Waals surface area contributed by atoms with Crippen LogP contribution in [0.1, 0.15) is 41.3 Å². The van der Waals surface area contributed by atoms with Crippen molar-refractivity contribution in [2.24, 2.45) is 0 Å². The Labute approximate surface area is 169 Å². The summed E-state index contributed by atoms with van der Waals surface area (Å²) in [7, 11) is 0. The van der Waals surface area contributed by atoms with Crippen LogP contribution in [0.5, 0.6) is 0 Å². The van der Waals surface area contributed by atoms with Crippen LogP contribution in [0.25, 0.3) is 11.0 Å². The van der Waals surface area contributed by atoms with Crippen molar-refractivity contribution < 1.29 is 13.9 Å². The molecule has 0 N–H and O–H groups in total. The van der Waals surface area contributed by atoms with Gasteiger partial charge in [0.25, 0.3) is 5.91 Å². The third-order valence-electron chi connectivity index (χ3n) is 5.41. The van der Waals surface area contributed by atoms with E-state index in [4.69, 9.17) is 9.15 Å². The Morgan fingerprint density at radius 3 is 2.59 bits per heavy atom. The molecule has 0 radical (unpaired) electrons. The van der Waals surface area contributed by atoms with Crippen molar-refractivity contribution in [1.82, 2.24) is 4.90 Å². The standard InChI is InChI=1S/C24H25NO4/c1-2-17-9-11-18(12-10-17)15-25(16-20-7-5-13-28-20)23(26)21-14-19-6-3-4-8-22(19)29-24(21)27/h3-4,6,8-12,14,20H,2,5,7,13,15-16H2,1H3/t20-/m0/s1. The fourth-order valence-electron chi connectivity index (χ4n) is 3.74. The second-order valence-electron chi connectivity index (χ2n) is 7.48. The maximum atomic E-state index is 13.3. The number of para-hydroxylation sites is 1. The molecule has 1 fully saturated rings. The maximum absolute atomic E-state index is 13.3. The molecule has 150 valence electrons. The zero-order valence-corrected chi connectivity index (χ0v) is 16.6. The Bertz CT molecular complexity index is 1050. The highest BCUT2D eigenvalue weighted by molar-refractivity contribution is 5.96. The number of hydrogen-bond donors (Lipinski definition) is 0. The van der Waals surface area contributed by atoms with Gasteiger partial charge in [-0.1, -0.05) is 49.4 Å². The molecule has 2 aromatic carbocycles. The number of amides is 1. The van der Waals surface area contributed by atoms with E-state index in [9.17, 15) is 9.59 Å². The molecule has 3 aromatic rings. The largest absolute Gasteiger partial charge is 0.422 e. The highest BCUT2D eigenvalue weighted by atomic mass is 16.5. The normalized spacial score (nSPS) is 16.2. The summed E-state index contributed by atoms with van der Waals surface area (Å²) in [5.41, 5.74) is 2.22. The molecule has 1 amide bonds. The first-order valence-corrected chi connectivity index (χ1v) is 10.2. The van der Waals surface area contributed by atoms with Crippen LogP contribution < -0.4 is 5.63 Å². The molecule has 1 saturated heterocycles. The lowest BCUT2D eigenvalue weighted by Gasteiger charge is -2.25. The average molecular weight is 391 g/mol. The molecule has 0 bridgehead atoms. The highest BCUT2D eigenvalue weighted by Gasteiger charge is 2.26. The Kier molecular flexibility index (Phi) is 5.76. The summed E-state index contributed by atoms with van der Waals surface area (Å²) < 4.78 is 11.1. The number of nitrogens with zero attached hydrogens (tertiary/aromatic N) is 1. The minimum absolute atomic E-state index is 0.00126. The molecule has 2 heterocycles. The molecule has 0 spiro atoms. The van der Waals surface area contributed by atoms with Crippen molar-refractivity contribution in [2.45, 2.75) is 38.8 Å². The van der Waals surface area contributed by atoms with Crippen LogP contribution >= 0.6 is 0 Å². The van der Waals surface area contributed by atoms with Gasteiger partial charge in [-0.25, -0.2) is 4.79 Å². The van der Waals surface area contributed by atoms with E-state index in [2.05, 4.69) is 19.1 Å². The molecular formula is C24H25NO4. The van der Waals surface area contributed by atoms with Gasteiger partial charge in [-0.05, 0) is 42.5 Å².